The van der Waals surface area contributed by atoms with Gasteiger partial charge < -0.3 is 0 Å². The summed E-state index contributed by atoms with van der Waals surface area (Å²) in [6.07, 6.45) is 4.55. The van der Waals surface area contributed by atoms with Crippen LogP contribution >= 0.6 is 0 Å². The second-order valence-electron chi connectivity index (χ2n) is 2.33. The SMILES string of the molecule is C=CCC(N=CC)=C(C)C.CC. The van der Waals surface area contributed by atoms with Crippen molar-refractivity contribution in [2.75, 3.05) is 0 Å². The summed E-state index contributed by atoms with van der Waals surface area (Å²) in [5, 5.41) is 0. The standard InChI is InChI=1S/C9H15N.C2H6/c1-5-7-9(8(3)4)10-6-2;1-2/h5-6H,1,7H2,2-4H3;1-2H3. The summed E-state index contributed by atoms with van der Waals surface area (Å²) in [5.74, 6) is 0. The molecule has 0 rings (SSSR count). The van der Waals surface area contributed by atoms with E-state index in [-0.39, 0.29) is 0 Å². The van der Waals surface area contributed by atoms with E-state index in [9.17, 15) is 0 Å². The van der Waals surface area contributed by atoms with Gasteiger partial charge in [-0.1, -0.05) is 25.5 Å². The Kier molecular flexibility index (Phi) is 11.6. The second kappa shape index (κ2) is 10.2. The van der Waals surface area contributed by atoms with E-state index in [1.165, 1.54) is 5.57 Å². The first kappa shape index (κ1) is 13.7. The molecule has 0 bridgehead atoms. The molecule has 70 valence electrons. The van der Waals surface area contributed by atoms with Gasteiger partial charge in [0.2, 0.25) is 0 Å². The molecule has 0 aromatic carbocycles. The van der Waals surface area contributed by atoms with E-state index in [0.717, 1.165) is 12.1 Å². The highest BCUT2D eigenvalue weighted by Gasteiger charge is 1.90. The Morgan fingerprint density at radius 3 is 2.08 bits per heavy atom. The molecule has 0 saturated carbocycles. The maximum absolute atomic E-state index is 4.20. The molecule has 0 heterocycles. The molecule has 0 saturated heterocycles. The van der Waals surface area contributed by atoms with Gasteiger partial charge in [-0.3, -0.25) is 4.99 Å². The summed E-state index contributed by atoms with van der Waals surface area (Å²) < 4.78 is 0. The molecule has 0 aliphatic rings. The number of nitrogens with zero attached hydrogens (tertiary/aromatic N) is 1. The quantitative estimate of drug-likeness (QED) is 0.445. The molecule has 12 heavy (non-hydrogen) atoms. The second-order valence-corrected chi connectivity index (χ2v) is 2.33. The highest BCUT2D eigenvalue weighted by molar-refractivity contribution is 5.55. The third-order valence-corrected chi connectivity index (χ3v) is 1.20. The maximum Gasteiger partial charge on any atom is 0.0423 e. The molecule has 0 aliphatic heterocycles. The zero-order valence-corrected chi connectivity index (χ0v) is 9.02. The van der Waals surface area contributed by atoms with Crippen molar-refractivity contribution >= 4 is 6.21 Å². The van der Waals surface area contributed by atoms with Gasteiger partial charge in [0.1, 0.15) is 0 Å². The van der Waals surface area contributed by atoms with Gasteiger partial charge in [-0.15, -0.1) is 6.58 Å². The van der Waals surface area contributed by atoms with E-state index in [2.05, 4.69) is 25.4 Å². The summed E-state index contributed by atoms with van der Waals surface area (Å²) >= 11 is 0. The Hall–Kier alpha value is -0.850. The zero-order valence-electron chi connectivity index (χ0n) is 9.02. The molecular formula is C11H21N. The highest BCUT2D eigenvalue weighted by Crippen LogP contribution is 2.08. The van der Waals surface area contributed by atoms with Crippen LogP contribution in [0.15, 0.2) is 28.9 Å². The molecule has 1 heteroatoms. The fourth-order valence-corrected chi connectivity index (χ4v) is 0.678. The Labute approximate surface area is 76.9 Å². The topological polar surface area (TPSA) is 12.4 Å². The molecular weight excluding hydrogens is 146 g/mol. The normalized spacial score (nSPS) is 8.75. The van der Waals surface area contributed by atoms with Gasteiger partial charge in [-0.2, -0.15) is 0 Å². The number of rotatable bonds is 3. The number of allylic oxidation sites excluding steroid dienone is 2. The van der Waals surface area contributed by atoms with Crippen molar-refractivity contribution in [3.05, 3.63) is 23.9 Å². The zero-order chi connectivity index (χ0) is 9.98. The predicted octanol–water partition coefficient (Wildman–Crippen LogP) is 3.97. The summed E-state index contributed by atoms with van der Waals surface area (Å²) in [4.78, 5) is 4.20. The average Bonchev–Trinajstić information content (AvgIpc) is 2.08. The van der Waals surface area contributed by atoms with Gasteiger partial charge >= 0.3 is 0 Å². The van der Waals surface area contributed by atoms with Crippen LogP contribution in [0.3, 0.4) is 0 Å². The highest BCUT2D eigenvalue weighted by atomic mass is 14.7. The minimum absolute atomic E-state index is 0.868. The molecule has 0 N–H and O–H groups in total. The molecule has 1 nitrogen and oxygen atoms in total. The molecule has 0 radical (unpaired) electrons. The lowest BCUT2D eigenvalue weighted by Crippen LogP contribution is -1.80. The van der Waals surface area contributed by atoms with Crippen LogP contribution in [-0.2, 0) is 0 Å². The lowest BCUT2D eigenvalue weighted by molar-refractivity contribution is 1.10. The summed E-state index contributed by atoms with van der Waals surface area (Å²) in [6.45, 7) is 13.7. The van der Waals surface area contributed by atoms with Crippen molar-refractivity contribution in [3.8, 4) is 0 Å². The van der Waals surface area contributed by atoms with Crippen LogP contribution < -0.4 is 0 Å². The molecule has 0 aliphatic carbocycles. The van der Waals surface area contributed by atoms with Gasteiger partial charge in [0, 0.05) is 18.3 Å². The van der Waals surface area contributed by atoms with Crippen molar-refractivity contribution in [2.45, 2.75) is 41.0 Å². The van der Waals surface area contributed by atoms with Crippen molar-refractivity contribution in [1.29, 1.82) is 0 Å². The van der Waals surface area contributed by atoms with Gasteiger partial charge in [0.15, 0.2) is 0 Å². The molecule has 0 aromatic rings. The molecule has 0 atom stereocenters. The lowest BCUT2D eigenvalue weighted by atomic mass is 10.2. The summed E-state index contributed by atoms with van der Waals surface area (Å²) in [5.41, 5.74) is 2.38. The van der Waals surface area contributed by atoms with E-state index in [0.29, 0.717) is 0 Å². The summed E-state index contributed by atoms with van der Waals surface area (Å²) in [6, 6.07) is 0. The van der Waals surface area contributed by atoms with Crippen LogP contribution in [0.2, 0.25) is 0 Å². The first-order chi connectivity index (χ1) is 5.72. The maximum atomic E-state index is 4.20. The Balaban J connectivity index is 0. The van der Waals surface area contributed by atoms with Crippen molar-refractivity contribution < 1.29 is 0 Å². The molecule has 0 spiro atoms. The smallest absolute Gasteiger partial charge is 0.0423 e. The summed E-state index contributed by atoms with van der Waals surface area (Å²) in [7, 11) is 0. The van der Waals surface area contributed by atoms with E-state index >= 15 is 0 Å². The van der Waals surface area contributed by atoms with Gasteiger partial charge in [0.05, 0.1) is 0 Å². The van der Waals surface area contributed by atoms with Crippen LogP contribution in [-0.4, -0.2) is 6.21 Å². The predicted molar refractivity (Wildman–Crippen MR) is 58.7 cm³/mol. The Bertz CT molecular complexity index is 160. The molecule has 0 amide bonds. The molecule has 0 aromatic heterocycles. The van der Waals surface area contributed by atoms with Crippen LogP contribution in [0.4, 0.5) is 0 Å². The van der Waals surface area contributed by atoms with Crippen molar-refractivity contribution in [1.82, 2.24) is 0 Å². The van der Waals surface area contributed by atoms with E-state index in [4.69, 9.17) is 0 Å². The van der Waals surface area contributed by atoms with E-state index in [1.54, 1.807) is 0 Å². The Morgan fingerprint density at radius 1 is 1.33 bits per heavy atom. The van der Waals surface area contributed by atoms with Crippen LogP contribution in [0.25, 0.3) is 0 Å². The first-order valence-corrected chi connectivity index (χ1v) is 4.48. The monoisotopic (exact) mass is 167 g/mol. The largest absolute Gasteiger partial charge is 0.266 e. The van der Waals surface area contributed by atoms with Crippen LogP contribution in [0.5, 0.6) is 0 Å². The minimum Gasteiger partial charge on any atom is -0.266 e. The van der Waals surface area contributed by atoms with Crippen molar-refractivity contribution in [3.63, 3.8) is 0 Å². The minimum atomic E-state index is 0.868. The third-order valence-electron chi connectivity index (χ3n) is 1.20. The van der Waals surface area contributed by atoms with Gasteiger partial charge in [0.25, 0.3) is 0 Å². The third kappa shape index (κ3) is 7.26. The fraction of sp³-hybridized carbons (Fsp3) is 0.545. The number of hydrogen-bond acceptors (Lipinski definition) is 1. The van der Waals surface area contributed by atoms with Gasteiger partial charge in [-0.05, 0) is 20.8 Å². The number of aliphatic imine (C=N–C) groups is 1. The fourth-order valence-electron chi connectivity index (χ4n) is 0.678. The Morgan fingerprint density at radius 2 is 1.83 bits per heavy atom. The van der Waals surface area contributed by atoms with Crippen LogP contribution in [0, 0.1) is 0 Å². The molecule has 0 unspecified atom stereocenters. The van der Waals surface area contributed by atoms with Crippen molar-refractivity contribution in [2.24, 2.45) is 4.99 Å². The lowest BCUT2D eigenvalue weighted by Gasteiger charge is -1.98. The first-order valence-electron chi connectivity index (χ1n) is 4.48. The van der Waals surface area contributed by atoms with Crippen LogP contribution in [0.1, 0.15) is 41.0 Å². The molecule has 0 fully saturated rings. The van der Waals surface area contributed by atoms with E-state index in [1.807, 2.05) is 33.1 Å². The average molecular weight is 167 g/mol. The van der Waals surface area contributed by atoms with E-state index < -0.39 is 0 Å². The number of hydrogen-bond donors (Lipinski definition) is 0. The van der Waals surface area contributed by atoms with Gasteiger partial charge in [-0.25, -0.2) is 0 Å².